The number of anilines is 4. The third-order valence-electron chi connectivity index (χ3n) is 4.73. The average molecular weight is 400 g/mol. The topological polar surface area (TPSA) is 111 Å². The molecule has 5 rings (SSSR count). The van der Waals surface area contributed by atoms with Gasteiger partial charge in [-0.15, -0.1) is 0 Å². The fraction of sp³-hybridized carbons (Fsp3) is 0. The van der Waals surface area contributed by atoms with E-state index < -0.39 is 23.9 Å². The lowest BCUT2D eigenvalue weighted by Crippen LogP contribution is -1.98. The highest BCUT2D eigenvalue weighted by molar-refractivity contribution is 6.16. The first-order valence-electron chi connectivity index (χ1n) is 8.93. The molecule has 0 aliphatic carbocycles. The Morgan fingerprint density at radius 1 is 0.467 bits per heavy atom. The van der Waals surface area contributed by atoms with Crippen LogP contribution in [-0.2, 0) is 9.47 Å². The summed E-state index contributed by atoms with van der Waals surface area (Å²) in [5.41, 5.74) is 3.64. The summed E-state index contributed by atoms with van der Waals surface area (Å²) in [6, 6.07) is 16.9. The zero-order chi connectivity index (χ0) is 20.8. The van der Waals surface area contributed by atoms with E-state index in [4.69, 9.17) is 0 Å². The van der Waals surface area contributed by atoms with Crippen LogP contribution in [0.15, 0.2) is 60.7 Å². The van der Waals surface area contributed by atoms with Gasteiger partial charge in [-0.1, -0.05) is 6.07 Å². The van der Waals surface area contributed by atoms with E-state index in [0.29, 0.717) is 11.4 Å². The van der Waals surface area contributed by atoms with Crippen molar-refractivity contribution >= 4 is 46.6 Å². The molecule has 146 valence electrons. The van der Waals surface area contributed by atoms with E-state index in [0.717, 1.165) is 11.4 Å². The molecule has 0 saturated heterocycles. The van der Waals surface area contributed by atoms with Crippen molar-refractivity contribution in [1.29, 1.82) is 0 Å². The highest BCUT2D eigenvalue weighted by Crippen LogP contribution is 2.29. The monoisotopic (exact) mass is 400 g/mol. The van der Waals surface area contributed by atoms with Crippen LogP contribution in [0, 0.1) is 0 Å². The number of hydrogen-bond acceptors (Lipinski definition) is 8. The van der Waals surface area contributed by atoms with E-state index in [-0.39, 0.29) is 22.3 Å². The molecule has 0 bridgehead atoms. The fourth-order valence-electron chi connectivity index (χ4n) is 3.33. The summed E-state index contributed by atoms with van der Waals surface area (Å²) in [4.78, 5) is 46.6. The van der Waals surface area contributed by atoms with Crippen LogP contribution in [0.2, 0.25) is 0 Å². The van der Waals surface area contributed by atoms with Gasteiger partial charge in [0.05, 0.1) is 22.3 Å². The van der Waals surface area contributed by atoms with Crippen LogP contribution < -0.4 is 10.6 Å². The number of cyclic esters (lactones) is 4. The van der Waals surface area contributed by atoms with E-state index in [9.17, 15) is 19.2 Å². The summed E-state index contributed by atoms with van der Waals surface area (Å²) >= 11 is 0. The number of esters is 4. The molecule has 2 aliphatic heterocycles. The molecule has 0 radical (unpaired) electrons. The Morgan fingerprint density at radius 2 is 0.867 bits per heavy atom. The van der Waals surface area contributed by atoms with Crippen molar-refractivity contribution in [3.05, 3.63) is 82.9 Å². The number of nitrogens with one attached hydrogen (secondary N) is 2. The van der Waals surface area contributed by atoms with Gasteiger partial charge in [0.1, 0.15) is 0 Å². The maximum Gasteiger partial charge on any atom is 0.346 e. The maximum absolute atomic E-state index is 11.7. The third-order valence-corrected chi connectivity index (χ3v) is 4.73. The molecule has 0 saturated carbocycles. The minimum Gasteiger partial charge on any atom is -0.386 e. The van der Waals surface area contributed by atoms with Crippen molar-refractivity contribution in [3.63, 3.8) is 0 Å². The molecular formula is C22H12N2O6. The summed E-state index contributed by atoms with van der Waals surface area (Å²) in [6.45, 7) is 0. The van der Waals surface area contributed by atoms with Crippen LogP contribution in [0.3, 0.4) is 0 Å². The second-order valence-electron chi connectivity index (χ2n) is 6.71. The van der Waals surface area contributed by atoms with Crippen LogP contribution in [0.25, 0.3) is 0 Å². The molecule has 2 aliphatic rings. The molecule has 3 aromatic rings. The summed E-state index contributed by atoms with van der Waals surface area (Å²) in [7, 11) is 0. The molecule has 0 unspecified atom stereocenters. The summed E-state index contributed by atoms with van der Waals surface area (Å²) < 4.78 is 9.20. The highest BCUT2D eigenvalue weighted by Gasteiger charge is 2.30. The number of fused-ring (bicyclic) bond motifs is 2. The molecule has 2 N–H and O–H groups in total. The predicted octanol–water partition coefficient (Wildman–Crippen LogP) is 3.80. The zero-order valence-electron chi connectivity index (χ0n) is 15.2. The van der Waals surface area contributed by atoms with Crippen molar-refractivity contribution in [1.82, 2.24) is 0 Å². The molecule has 3 aromatic carbocycles. The Bertz CT molecular complexity index is 1190. The Balaban J connectivity index is 1.37. The number of carbonyl (C=O) groups excluding carboxylic acids is 4. The Morgan fingerprint density at radius 3 is 1.33 bits per heavy atom. The molecule has 0 fully saturated rings. The first-order valence-corrected chi connectivity index (χ1v) is 8.93. The minimum absolute atomic E-state index is 0.221. The van der Waals surface area contributed by atoms with Gasteiger partial charge in [-0.25, -0.2) is 19.2 Å². The van der Waals surface area contributed by atoms with Gasteiger partial charge >= 0.3 is 23.9 Å². The van der Waals surface area contributed by atoms with E-state index in [1.54, 1.807) is 24.3 Å². The molecule has 0 amide bonds. The molecular weight excluding hydrogens is 388 g/mol. The second-order valence-corrected chi connectivity index (χ2v) is 6.71. The standard InChI is InChI=1S/C22H12N2O6/c25-19-15-6-4-13(9-17(15)21(27)29-19)23-11-2-1-3-12(8-11)24-14-5-7-16-18(10-14)22(28)30-20(16)26/h1-10,23-24H. The van der Waals surface area contributed by atoms with Gasteiger partial charge in [-0.3, -0.25) is 0 Å². The van der Waals surface area contributed by atoms with E-state index in [1.807, 2.05) is 24.3 Å². The molecule has 8 heteroatoms. The van der Waals surface area contributed by atoms with Crippen LogP contribution in [0.5, 0.6) is 0 Å². The van der Waals surface area contributed by atoms with Crippen molar-refractivity contribution in [2.75, 3.05) is 10.6 Å². The van der Waals surface area contributed by atoms with Gasteiger partial charge in [0.15, 0.2) is 0 Å². The third kappa shape index (κ3) is 2.96. The smallest absolute Gasteiger partial charge is 0.346 e. The van der Waals surface area contributed by atoms with Crippen molar-refractivity contribution in [2.24, 2.45) is 0 Å². The molecule has 8 nitrogen and oxygen atoms in total. The number of hydrogen-bond donors (Lipinski definition) is 2. The van der Waals surface area contributed by atoms with Gasteiger partial charge in [-0.2, -0.15) is 0 Å². The largest absolute Gasteiger partial charge is 0.386 e. The van der Waals surface area contributed by atoms with Crippen LogP contribution in [0.1, 0.15) is 41.4 Å². The molecule has 2 heterocycles. The first-order chi connectivity index (χ1) is 14.5. The lowest BCUT2D eigenvalue weighted by Gasteiger charge is -2.11. The molecule has 0 aromatic heterocycles. The molecule has 30 heavy (non-hydrogen) atoms. The van der Waals surface area contributed by atoms with E-state index in [2.05, 4.69) is 20.1 Å². The van der Waals surface area contributed by atoms with Crippen LogP contribution >= 0.6 is 0 Å². The summed E-state index contributed by atoms with van der Waals surface area (Å²) in [6.07, 6.45) is 0. The SMILES string of the molecule is O=C1OC(=O)c2cc(Nc3cccc(Nc4ccc5c(c4)C(=O)OC5=O)c3)ccc21. The summed E-state index contributed by atoms with van der Waals surface area (Å²) in [5.74, 6) is -2.62. The Hall–Kier alpha value is -4.46. The first kappa shape index (κ1) is 17.6. The maximum atomic E-state index is 11.7. The number of ether oxygens (including phenoxy) is 2. The van der Waals surface area contributed by atoms with Gasteiger partial charge in [0.25, 0.3) is 0 Å². The lowest BCUT2D eigenvalue weighted by atomic mass is 10.1. The number of rotatable bonds is 4. The van der Waals surface area contributed by atoms with Gasteiger partial charge in [0.2, 0.25) is 0 Å². The minimum atomic E-state index is -0.664. The fourth-order valence-corrected chi connectivity index (χ4v) is 3.33. The van der Waals surface area contributed by atoms with Gasteiger partial charge < -0.3 is 20.1 Å². The Labute approximate surface area is 169 Å². The van der Waals surface area contributed by atoms with Gasteiger partial charge in [-0.05, 0) is 54.6 Å². The Kier molecular flexibility index (Phi) is 3.85. The van der Waals surface area contributed by atoms with E-state index >= 15 is 0 Å². The zero-order valence-corrected chi connectivity index (χ0v) is 15.2. The number of carbonyl (C=O) groups is 4. The predicted molar refractivity (Wildman–Crippen MR) is 105 cm³/mol. The van der Waals surface area contributed by atoms with Crippen molar-refractivity contribution < 1.29 is 28.7 Å². The van der Waals surface area contributed by atoms with Crippen LogP contribution in [-0.4, -0.2) is 23.9 Å². The second kappa shape index (κ2) is 6.56. The van der Waals surface area contributed by atoms with Crippen molar-refractivity contribution in [2.45, 2.75) is 0 Å². The van der Waals surface area contributed by atoms with Gasteiger partial charge in [0, 0.05) is 22.7 Å². The van der Waals surface area contributed by atoms with Crippen LogP contribution in [0.4, 0.5) is 22.7 Å². The highest BCUT2D eigenvalue weighted by atomic mass is 16.6. The molecule has 0 atom stereocenters. The molecule has 0 spiro atoms. The quantitative estimate of drug-likeness (QED) is 0.503. The normalized spacial score (nSPS) is 14.1. The number of benzene rings is 3. The summed E-state index contributed by atoms with van der Waals surface area (Å²) in [5, 5.41) is 6.34. The van der Waals surface area contributed by atoms with E-state index in [1.165, 1.54) is 12.1 Å². The lowest BCUT2D eigenvalue weighted by molar-refractivity contribution is 0.0425. The van der Waals surface area contributed by atoms with Crippen molar-refractivity contribution in [3.8, 4) is 0 Å². The average Bonchev–Trinajstić information content (AvgIpc) is 3.17.